The number of fused-ring (bicyclic) bond motifs is 6. The molecule has 0 bridgehead atoms. The van der Waals surface area contributed by atoms with Gasteiger partial charge in [0.2, 0.25) is 0 Å². The van der Waals surface area contributed by atoms with Crippen molar-refractivity contribution < 1.29 is 10.2 Å². The van der Waals surface area contributed by atoms with Crippen molar-refractivity contribution in [3.05, 3.63) is 145 Å². The van der Waals surface area contributed by atoms with E-state index in [1.807, 2.05) is 6.92 Å². The number of aromatic nitrogens is 2. The molecule has 3 unspecified atom stereocenters. The zero-order chi connectivity index (χ0) is 31.4. The van der Waals surface area contributed by atoms with Crippen LogP contribution in [0.15, 0.2) is 140 Å². The maximum Gasteiger partial charge on any atom is 0.0630 e. The molecule has 2 aromatic heterocycles. The van der Waals surface area contributed by atoms with E-state index in [1.165, 1.54) is 43.7 Å². The summed E-state index contributed by atoms with van der Waals surface area (Å²) in [6.45, 7) is 3.75. The monoisotopic (exact) mass is 600 g/mol. The van der Waals surface area contributed by atoms with Gasteiger partial charge in [0.05, 0.1) is 34.3 Å². The van der Waals surface area contributed by atoms with Gasteiger partial charge < -0.3 is 19.3 Å². The van der Waals surface area contributed by atoms with Crippen LogP contribution in [0, 0.1) is 0 Å². The molecule has 0 amide bonds. The van der Waals surface area contributed by atoms with Gasteiger partial charge in [0, 0.05) is 38.8 Å². The van der Waals surface area contributed by atoms with E-state index in [-0.39, 0.29) is 5.92 Å². The topological polar surface area (TPSA) is 50.3 Å². The molecule has 0 fully saturated rings. The van der Waals surface area contributed by atoms with Crippen LogP contribution in [-0.4, -0.2) is 31.6 Å². The summed E-state index contributed by atoms with van der Waals surface area (Å²) in [4.78, 5) is 0. The van der Waals surface area contributed by atoms with Crippen LogP contribution in [0.4, 0.5) is 0 Å². The highest BCUT2D eigenvalue weighted by Gasteiger charge is 2.20. The second-order valence-corrected chi connectivity index (χ2v) is 12.5. The van der Waals surface area contributed by atoms with E-state index in [0.717, 1.165) is 28.0 Å². The van der Waals surface area contributed by atoms with Gasteiger partial charge in [-0.05, 0) is 84.6 Å². The molecule has 226 valence electrons. The van der Waals surface area contributed by atoms with Crippen LogP contribution in [-0.2, 0) is 0 Å². The number of hydrogen-bond acceptors (Lipinski definition) is 2. The molecule has 0 saturated heterocycles. The first-order chi connectivity index (χ1) is 22.5. The highest BCUT2D eigenvalue weighted by atomic mass is 16.3. The standard InChI is InChI=1S/C42H36N2O2/c1-27(45)23-42(46)28(2)29-11-9-13-32(24-29)44-40-20-8-5-17-36(40)37-26-31(21-22-41(37)44)30-12-10-14-33(25-30)43-38-18-6-3-15-34(38)35-16-4-7-19-39(35)43/h3-22,24-28,42,45-46H,23H2,1-2H3. The zero-order valence-electron chi connectivity index (χ0n) is 26.0. The Morgan fingerprint density at radius 3 is 1.59 bits per heavy atom. The third kappa shape index (κ3) is 4.69. The van der Waals surface area contributed by atoms with Crippen LogP contribution >= 0.6 is 0 Å². The van der Waals surface area contributed by atoms with E-state index < -0.39 is 12.2 Å². The van der Waals surface area contributed by atoms with Gasteiger partial charge in [-0.15, -0.1) is 0 Å². The Bertz CT molecular complexity index is 2320. The molecule has 8 aromatic rings. The maximum atomic E-state index is 10.8. The molecule has 4 heteroatoms. The minimum absolute atomic E-state index is 0.101. The molecular formula is C42H36N2O2. The SMILES string of the molecule is CC(O)CC(O)C(C)c1cccc(-n2c3ccccc3c3cc(-c4cccc(-n5c6ccccc6c6ccccc65)c4)ccc32)c1. The first-order valence-corrected chi connectivity index (χ1v) is 16.1. The fourth-order valence-electron chi connectivity index (χ4n) is 7.18. The number of nitrogens with zero attached hydrogens (tertiary/aromatic N) is 2. The van der Waals surface area contributed by atoms with Gasteiger partial charge in [-0.2, -0.15) is 0 Å². The van der Waals surface area contributed by atoms with E-state index >= 15 is 0 Å². The summed E-state index contributed by atoms with van der Waals surface area (Å²) in [5.74, 6) is -0.101. The van der Waals surface area contributed by atoms with Crippen molar-refractivity contribution in [3.63, 3.8) is 0 Å². The van der Waals surface area contributed by atoms with E-state index in [4.69, 9.17) is 0 Å². The molecule has 0 aliphatic carbocycles. The molecule has 2 N–H and O–H groups in total. The zero-order valence-corrected chi connectivity index (χ0v) is 26.0. The quantitative estimate of drug-likeness (QED) is 0.191. The fraction of sp³-hybridized carbons (Fsp3) is 0.143. The molecule has 0 aliphatic rings. The number of hydrogen-bond donors (Lipinski definition) is 2. The highest BCUT2D eigenvalue weighted by Crippen LogP contribution is 2.37. The Kier molecular flexibility index (Phi) is 6.97. The van der Waals surface area contributed by atoms with E-state index in [9.17, 15) is 10.2 Å². The second kappa shape index (κ2) is 11.3. The summed E-state index contributed by atoms with van der Waals surface area (Å²) < 4.78 is 4.69. The Morgan fingerprint density at radius 1 is 0.478 bits per heavy atom. The number of para-hydroxylation sites is 3. The second-order valence-electron chi connectivity index (χ2n) is 12.5. The molecule has 2 heterocycles. The van der Waals surface area contributed by atoms with Gasteiger partial charge >= 0.3 is 0 Å². The van der Waals surface area contributed by atoms with Crippen LogP contribution in [0.3, 0.4) is 0 Å². The van der Waals surface area contributed by atoms with Gasteiger partial charge in [-0.1, -0.05) is 91.9 Å². The summed E-state index contributed by atoms with van der Waals surface area (Å²) in [6.07, 6.45) is -0.814. The van der Waals surface area contributed by atoms with Crippen LogP contribution in [0.1, 0.15) is 31.7 Å². The van der Waals surface area contributed by atoms with E-state index in [1.54, 1.807) is 6.92 Å². The van der Waals surface area contributed by atoms with Gasteiger partial charge in [0.15, 0.2) is 0 Å². The lowest BCUT2D eigenvalue weighted by molar-refractivity contribution is 0.0762. The Hall–Kier alpha value is -5.16. The predicted molar refractivity (Wildman–Crippen MR) is 191 cm³/mol. The summed E-state index contributed by atoms with van der Waals surface area (Å²) in [7, 11) is 0. The van der Waals surface area contributed by atoms with Crippen LogP contribution < -0.4 is 0 Å². The van der Waals surface area contributed by atoms with Crippen molar-refractivity contribution in [1.82, 2.24) is 9.13 Å². The molecule has 4 nitrogen and oxygen atoms in total. The van der Waals surface area contributed by atoms with Crippen molar-refractivity contribution in [3.8, 4) is 22.5 Å². The molecular weight excluding hydrogens is 564 g/mol. The minimum Gasteiger partial charge on any atom is -0.393 e. The lowest BCUT2D eigenvalue weighted by atomic mass is 9.92. The third-order valence-electron chi connectivity index (χ3n) is 9.50. The van der Waals surface area contributed by atoms with Gasteiger partial charge in [-0.25, -0.2) is 0 Å². The van der Waals surface area contributed by atoms with Crippen LogP contribution in [0.25, 0.3) is 66.1 Å². The molecule has 46 heavy (non-hydrogen) atoms. The fourth-order valence-corrected chi connectivity index (χ4v) is 7.18. The first-order valence-electron chi connectivity index (χ1n) is 16.1. The average molecular weight is 601 g/mol. The number of aliphatic hydroxyl groups excluding tert-OH is 2. The van der Waals surface area contributed by atoms with Crippen molar-refractivity contribution in [2.75, 3.05) is 0 Å². The van der Waals surface area contributed by atoms with Crippen molar-refractivity contribution in [2.45, 2.75) is 38.4 Å². The molecule has 0 radical (unpaired) electrons. The summed E-state index contributed by atoms with van der Waals surface area (Å²) >= 11 is 0. The smallest absolute Gasteiger partial charge is 0.0630 e. The first kappa shape index (κ1) is 28.3. The number of benzene rings is 6. The van der Waals surface area contributed by atoms with Crippen LogP contribution in [0.2, 0.25) is 0 Å². The summed E-state index contributed by atoms with van der Waals surface area (Å²) in [6, 6.07) is 49.9. The summed E-state index contributed by atoms with van der Waals surface area (Å²) in [5.41, 5.74) is 10.3. The van der Waals surface area contributed by atoms with Crippen molar-refractivity contribution in [2.24, 2.45) is 0 Å². The Morgan fingerprint density at radius 2 is 0.978 bits per heavy atom. The molecule has 0 spiro atoms. The number of aliphatic hydroxyl groups is 2. The molecule has 8 rings (SSSR count). The maximum absolute atomic E-state index is 10.8. The van der Waals surface area contributed by atoms with Crippen molar-refractivity contribution >= 4 is 43.6 Å². The lowest BCUT2D eigenvalue weighted by Gasteiger charge is -2.21. The molecule has 0 aliphatic heterocycles. The van der Waals surface area contributed by atoms with Gasteiger partial charge in [0.25, 0.3) is 0 Å². The van der Waals surface area contributed by atoms with Gasteiger partial charge in [-0.3, -0.25) is 0 Å². The minimum atomic E-state index is -0.616. The summed E-state index contributed by atoms with van der Waals surface area (Å²) in [5, 5.41) is 25.5. The molecule has 3 atom stereocenters. The van der Waals surface area contributed by atoms with Gasteiger partial charge in [0.1, 0.15) is 0 Å². The lowest BCUT2D eigenvalue weighted by Crippen LogP contribution is -2.21. The highest BCUT2D eigenvalue weighted by molar-refractivity contribution is 6.11. The largest absolute Gasteiger partial charge is 0.393 e. The Balaban J connectivity index is 1.25. The predicted octanol–water partition coefficient (Wildman–Crippen LogP) is 9.78. The van der Waals surface area contributed by atoms with E-state index in [2.05, 4.69) is 149 Å². The normalized spacial score (nSPS) is 13.9. The molecule has 0 saturated carbocycles. The third-order valence-corrected chi connectivity index (χ3v) is 9.50. The van der Waals surface area contributed by atoms with E-state index in [0.29, 0.717) is 6.42 Å². The Labute approximate surface area is 268 Å². The van der Waals surface area contributed by atoms with Crippen molar-refractivity contribution in [1.29, 1.82) is 0 Å². The average Bonchev–Trinajstić information content (AvgIpc) is 3.60. The van der Waals surface area contributed by atoms with Crippen LogP contribution in [0.5, 0.6) is 0 Å². The molecule has 6 aromatic carbocycles. The number of rotatable bonds is 7.